The van der Waals surface area contributed by atoms with Crippen LogP contribution < -0.4 is 16.0 Å². The molecule has 0 aliphatic carbocycles. The number of aryl methyl sites for hydroxylation is 2. The molecular formula is C30H53N7O. The van der Waals surface area contributed by atoms with E-state index >= 15 is 0 Å². The normalized spacial score (nSPS) is 12.6. The molecule has 8 heteroatoms. The SMILES string of the molecule is CCC(=O)Cn1cc(-c2nc(Nc3cc(N)c(N(C)CCN(C)C)cc3C)ncc2CC)c2ccccc21.[3HH].[3H][3H].[3H][3H].[3H][3H].[3H][3H].[3H][3H].[3H][3H]. The Bertz CT molecular complexity index is 1480. The largest absolute Gasteiger partial charge is 0.397 e. The number of ketones is 1. The van der Waals surface area contributed by atoms with Crippen LogP contribution in [0.3, 0.4) is 0 Å². The Kier molecular flexibility index (Phi) is 6.16. The van der Waals surface area contributed by atoms with E-state index in [1.807, 2.05) is 42.1 Å². The molecule has 0 aliphatic rings. The van der Waals surface area contributed by atoms with Gasteiger partial charge in [0.25, 0.3) is 0 Å². The zero-order valence-corrected chi connectivity index (χ0v) is 23.4. The van der Waals surface area contributed by atoms with Gasteiger partial charge in [0.2, 0.25) is 5.95 Å². The molecular weight excluding hydrogens is 474 g/mol. The Balaban J connectivity index is -0.000000770. The number of rotatable bonds is 11. The van der Waals surface area contributed by atoms with Crippen molar-refractivity contribution in [3.05, 3.63) is 59.9 Å². The summed E-state index contributed by atoms with van der Waals surface area (Å²) in [5.74, 6) is 0.705. The van der Waals surface area contributed by atoms with Gasteiger partial charge in [-0.15, -0.1) is 0 Å². The third-order valence-electron chi connectivity index (χ3n) is 6.94. The number of benzene rings is 2. The average molecular weight is 554 g/mol. The Hall–Kier alpha value is -3.91. The number of anilines is 4. The fourth-order valence-corrected chi connectivity index (χ4v) is 4.59. The molecule has 8 nitrogen and oxygen atoms in total. The van der Waals surface area contributed by atoms with Gasteiger partial charge in [-0.05, 0) is 56.8 Å². The molecule has 214 valence electrons. The van der Waals surface area contributed by atoms with E-state index in [0.717, 1.165) is 64.2 Å². The maximum absolute atomic E-state index is 12.3. The first-order valence-corrected chi connectivity index (χ1v) is 13.2. The number of nitrogens with zero attached hydrogens (tertiary/aromatic N) is 5. The monoisotopic (exact) mass is 554 g/mol. The van der Waals surface area contributed by atoms with Gasteiger partial charge in [0.15, 0.2) is 5.78 Å². The van der Waals surface area contributed by atoms with Crippen molar-refractivity contribution in [1.29, 1.82) is 0 Å². The van der Waals surface area contributed by atoms with Gasteiger partial charge in [-0.25, -0.2) is 9.97 Å². The van der Waals surface area contributed by atoms with E-state index < -0.39 is 0 Å². The maximum atomic E-state index is 12.3. The molecule has 0 spiro atoms. The third kappa shape index (κ3) is 5.81. The number of hydrogen-bond acceptors (Lipinski definition) is 7. The average Bonchev–Trinajstić information content (AvgIpc) is 3.54. The highest BCUT2D eigenvalue weighted by molar-refractivity contribution is 5.97. The number of nitrogen functional groups attached to an aromatic ring is 1. The molecule has 0 saturated heterocycles. The summed E-state index contributed by atoms with van der Waals surface area (Å²) in [4.78, 5) is 26.2. The summed E-state index contributed by atoms with van der Waals surface area (Å²) < 4.78 is 62.0. The van der Waals surface area contributed by atoms with E-state index in [2.05, 4.69) is 73.3 Å². The van der Waals surface area contributed by atoms with Crippen LogP contribution in [0, 0.1) is 6.92 Å². The number of hydrogen-bond donors (Lipinski definition) is 2. The molecule has 0 atom stereocenters. The molecule has 0 amide bonds. The first-order valence-electron chi connectivity index (χ1n) is 19.2. The lowest BCUT2D eigenvalue weighted by Gasteiger charge is -2.24. The van der Waals surface area contributed by atoms with Gasteiger partial charge in [-0.3, -0.25) is 4.79 Å². The highest BCUT2D eigenvalue weighted by Gasteiger charge is 2.17. The van der Waals surface area contributed by atoms with E-state index in [1.54, 1.807) is 0 Å². The Morgan fingerprint density at radius 2 is 1.92 bits per heavy atom. The number of fused-ring (bicyclic) bond motifs is 1. The fourth-order valence-electron chi connectivity index (χ4n) is 4.59. The van der Waals surface area contributed by atoms with E-state index in [9.17, 15) is 4.79 Å². The van der Waals surface area contributed by atoms with E-state index in [-0.39, 0.29) is 7.21 Å². The van der Waals surface area contributed by atoms with Crippen molar-refractivity contribution in [2.75, 3.05) is 50.2 Å². The molecule has 0 unspecified atom stereocenters. The van der Waals surface area contributed by atoms with E-state index in [4.69, 9.17) is 28.5 Å². The lowest BCUT2D eigenvalue weighted by molar-refractivity contribution is -0.119. The summed E-state index contributed by atoms with van der Waals surface area (Å²) in [6.07, 6.45) is 5.24. The third-order valence-corrected chi connectivity index (χ3v) is 6.94. The van der Waals surface area contributed by atoms with Gasteiger partial charge in [0.05, 0.1) is 23.6 Å². The van der Waals surface area contributed by atoms with Crippen LogP contribution in [0.5, 0.6) is 0 Å². The standard InChI is InChI=1S/C30H39N7O.7H2/c1-7-21-17-32-30(33-26-16-25(31)28(15-20(26)3)36(6)14-13-35(4)5)34-29(21)24-19-37(18-22(38)8-2)27-12-10-9-11-23(24)27;;;;;;;/h9-12,15-17,19H,7-8,13-14,18,31H2,1-6H3,(H,32,33,34);7*1H/i;6*1+2T;1+2. The van der Waals surface area contributed by atoms with Crippen LogP contribution in [0.25, 0.3) is 22.2 Å². The number of carbonyl (C=O) groups is 1. The Morgan fingerprint density at radius 1 is 1.16 bits per heavy atom. The minimum atomic E-state index is 0. The van der Waals surface area contributed by atoms with E-state index in [1.165, 1.54) is 0 Å². The number of nitrogens with two attached hydrogens (primary N) is 1. The molecule has 3 N–H and O–H groups in total. The second-order valence-electron chi connectivity index (χ2n) is 10.1. The Labute approximate surface area is 245 Å². The van der Waals surface area contributed by atoms with Gasteiger partial charge >= 0.3 is 0 Å². The Morgan fingerprint density at radius 3 is 2.63 bits per heavy atom. The number of aromatic nitrogens is 3. The smallest absolute Gasteiger partial charge is 0.227 e. The van der Waals surface area contributed by atoms with Gasteiger partial charge in [-0.2, -0.15) is 0 Å². The molecule has 0 fully saturated rings. The molecule has 0 bridgehead atoms. The van der Waals surface area contributed by atoms with Crippen LogP contribution >= 0.6 is 0 Å². The molecule has 2 aromatic carbocycles. The van der Waals surface area contributed by atoms with Crippen molar-refractivity contribution in [2.24, 2.45) is 0 Å². The number of likely N-dealkylation sites (N-methyl/N-ethyl adjacent to an activating group) is 2. The number of para-hydroxylation sites is 1. The van der Waals surface area contributed by atoms with Gasteiger partial charge in [-0.1, -0.05) is 32.0 Å². The second-order valence-corrected chi connectivity index (χ2v) is 10.1. The summed E-state index contributed by atoms with van der Waals surface area (Å²) in [6.45, 7) is 8.23. The highest BCUT2D eigenvalue weighted by Crippen LogP contribution is 2.34. The lowest BCUT2D eigenvalue weighted by Crippen LogP contribution is -2.29. The van der Waals surface area contributed by atoms with Crippen LogP contribution in [-0.4, -0.2) is 59.5 Å². The van der Waals surface area contributed by atoms with Crippen molar-refractivity contribution in [3.63, 3.8) is 0 Å². The van der Waals surface area contributed by atoms with Gasteiger partial charge in [0, 0.05) is 80.3 Å². The number of carbonyl (C=O) groups excluding carboxylic acids is 1. The minimum Gasteiger partial charge on any atom is -0.397 e. The summed E-state index contributed by atoms with van der Waals surface area (Å²) in [5.41, 5.74) is 14.1. The summed E-state index contributed by atoms with van der Waals surface area (Å²) in [5, 5.41) is 4.47. The molecule has 0 aliphatic heterocycles. The van der Waals surface area contributed by atoms with Crippen molar-refractivity contribution in [1.82, 2.24) is 19.4 Å². The fraction of sp³-hybridized carbons (Fsp3) is 0.367. The van der Waals surface area contributed by atoms with Crippen LogP contribution in [0.2, 0.25) is 0 Å². The van der Waals surface area contributed by atoms with Gasteiger partial charge in [0.1, 0.15) is 0 Å². The number of nitrogens with one attached hydrogen (secondary N) is 1. The summed E-state index contributed by atoms with van der Waals surface area (Å²) in [6, 6.07) is 12.2. The first-order chi connectivity index (χ1) is 24.2. The van der Waals surface area contributed by atoms with Crippen molar-refractivity contribution in [3.8, 4) is 11.3 Å². The topological polar surface area (TPSA) is 92.3 Å². The molecule has 38 heavy (non-hydrogen) atoms. The van der Waals surface area contributed by atoms with Crippen LogP contribution in [0.1, 0.15) is 50.6 Å². The number of Topliss-reactive ketones (excluding diaryl/α,β-unsaturated/α-hetero) is 1. The molecule has 2 heterocycles. The maximum Gasteiger partial charge on any atom is 0.227 e. The zero-order chi connectivity index (χ0) is 39.4. The zero-order valence-electron chi connectivity index (χ0n) is 35.4. The van der Waals surface area contributed by atoms with Crippen molar-refractivity contribution in [2.45, 2.75) is 40.2 Å². The molecule has 2 aromatic heterocycles. The predicted octanol–water partition coefficient (Wildman–Crippen LogP) is 6.99. The predicted molar refractivity (Wildman–Crippen MR) is 173 cm³/mol. The minimum absolute atomic E-state index is 0. The molecule has 0 saturated carbocycles. The molecule has 0 radical (unpaired) electrons. The van der Waals surface area contributed by atoms with Crippen LogP contribution in [0.15, 0.2) is 48.8 Å². The van der Waals surface area contributed by atoms with Crippen LogP contribution in [-0.2, 0) is 17.8 Å². The summed E-state index contributed by atoms with van der Waals surface area (Å²) >= 11 is 0. The molecule has 4 aromatic rings. The first kappa shape index (κ1) is 20.1. The van der Waals surface area contributed by atoms with Gasteiger partial charge < -0.3 is 25.4 Å². The van der Waals surface area contributed by atoms with E-state index in [0.29, 0.717) is 24.6 Å². The quantitative estimate of drug-likeness (QED) is 0.193. The summed E-state index contributed by atoms with van der Waals surface area (Å²) in [7, 11) is 6.19. The van der Waals surface area contributed by atoms with Crippen LogP contribution in [0.4, 0.5) is 23.0 Å². The van der Waals surface area contributed by atoms with Crippen molar-refractivity contribution >= 4 is 39.7 Å². The second kappa shape index (κ2) is 11.6. The lowest BCUT2D eigenvalue weighted by atomic mass is 10.0. The molecule has 4 rings (SSSR count). The van der Waals surface area contributed by atoms with Crippen molar-refractivity contribution < 1.29 is 24.0 Å². The highest BCUT2D eigenvalue weighted by atomic mass is 16.1.